The largest absolute Gasteiger partial charge is 0.504 e. The van der Waals surface area contributed by atoms with Crippen molar-refractivity contribution in [3.63, 3.8) is 0 Å². The minimum absolute atomic E-state index is 0.0442. The molecule has 0 amide bonds. The van der Waals surface area contributed by atoms with Gasteiger partial charge < -0.3 is 14.9 Å². The molecule has 24 heavy (non-hydrogen) atoms. The minimum atomic E-state index is -0.229. The van der Waals surface area contributed by atoms with Crippen LogP contribution in [0.1, 0.15) is 38.4 Å². The Hall–Kier alpha value is -1.30. The number of phenols is 1. The zero-order valence-corrected chi connectivity index (χ0v) is 14.8. The lowest BCUT2D eigenvalue weighted by Crippen LogP contribution is -2.78. The Morgan fingerprint density at radius 3 is 2.08 bits per heavy atom. The molecule has 4 fully saturated rings. The van der Waals surface area contributed by atoms with E-state index in [1.54, 1.807) is 13.2 Å². The van der Waals surface area contributed by atoms with Crippen LogP contribution in [-0.2, 0) is 0 Å². The summed E-state index contributed by atoms with van der Waals surface area (Å²) in [6, 6.07) is 5.74. The van der Waals surface area contributed by atoms with Crippen LogP contribution in [0.5, 0.6) is 11.5 Å². The van der Waals surface area contributed by atoms with Crippen LogP contribution in [0.25, 0.3) is 0 Å². The van der Waals surface area contributed by atoms with Crippen LogP contribution in [0.2, 0.25) is 0 Å². The van der Waals surface area contributed by atoms with E-state index in [2.05, 4.69) is 23.6 Å². The average molecular weight is 332 g/mol. The molecule has 4 heterocycles. The summed E-state index contributed by atoms with van der Waals surface area (Å²) in [5, 5.41) is 21.7. The second-order valence-electron chi connectivity index (χ2n) is 7.92. The summed E-state index contributed by atoms with van der Waals surface area (Å²) >= 11 is 0. The summed E-state index contributed by atoms with van der Waals surface area (Å²) in [5.74, 6) is 0.772. The standard InChI is InChI=1S/C19H28N2O3/c1-4-18-9-20-11-19(5-2,17(18)23)12-21(10-18)16(20)13-7-6-8-14(24-3)15(13)22/h6-8,16-17,22-23H,4-5,9-12H2,1-3H3. The van der Waals surface area contributed by atoms with Crippen molar-refractivity contribution in [2.24, 2.45) is 10.8 Å². The highest BCUT2D eigenvalue weighted by atomic mass is 16.5. The van der Waals surface area contributed by atoms with Crippen molar-refractivity contribution in [3.05, 3.63) is 23.8 Å². The molecule has 132 valence electrons. The van der Waals surface area contributed by atoms with Gasteiger partial charge in [-0.3, -0.25) is 9.80 Å². The number of hydrogen-bond donors (Lipinski definition) is 2. The molecule has 0 unspecified atom stereocenters. The average Bonchev–Trinajstić information content (AvgIpc) is 2.59. The van der Waals surface area contributed by atoms with Crippen molar-refractivity contribution in [2.45, 2.75) is 39.0 Å². The predicted octanol–water partition coefficient (Wildman–Crippen LogP) is 2.20. The summed E-state index contributed by atoms with van der Waals surface area (Å²) in [6.07, 6.45) is 1.82. The Kier molecular flexibility index (Phi) is 3.61. The highest BCUT2D eigenvalue weighted by Crippen LogP contribution is 2.57. The molecule has 0 aromatic heterocycles. The van der Waals surface area contributed by atoms with E-state index in [0.29, 0.717) is 5.75 Å². The van der Waals surface area contributed by atoms with Crippen LogP contribution >= 0.6 is 0 Å². The number of aliphatic hydroxyl groups excluding tert-OH is 1. The summed E-state index contributed by atoms with van der Waals surface area (Å²) in [7, 11) is 1.59. The number of rotatable bonds is 4. The summed E-state index contributed by atoms with van der Waals surface area (Å²) < 4.78 is 5.30. The molecule has 5 nitrogen and oxygen atoms in total. The number of methoxy groups -OCH3 is 1. The minimum Gasteiger partial charge on any atom is -0.504 e. The van der Waals surface area contributed by atoms with E-state index in [4.69, 9.17) is 4.74 Å². The van der Waals surface area contributed by atoms with Crippen LogP contribution < -0.4 is 4.74 Å². The Morgan fingerprint density at radius 1 is 1.08 bits per heavy atom. The Labute approximate surface area is 143 Å². The van der Waals surface area contributed by atoms with Gasteiger partial charge in [-0.05, 0) is 18.9 Å². The van der Waals surface area contributed by atoms with Crippen molar-refractivity contribution in [3.8, 4) is 11.5 Å². The van der Waals surface area contributed by atoms with Gasteiger partial charge >= 0.3 is 0 Å². The molecule has 0 aliphatic carbocycles. The molecule has 0 saturated carbocycles. The van der Waals surface area contributed by atoms with Gasteiger partial charge in [-0.15, -0.1) is 0 Å². The van der Waals surface area contributed by atoms with Gasteiger partial charge in [-0.25, -0.2) is 0 Å². The summed E-state index contributed by atoms with van der Waals surface area (Å²) in [4.78, 5) is 4.92. The molecule has 4 aliphatic heterocycles. The quantitative estimate of drug-likeness (QED) is 0.885. The molecular weight excluding hydrogens is 304 g/mol. The van der Waals surface area contributed by atoms with E-state index >= 15 is 0 Å². The van der Waals surface area contributed by atoms with Crippen molar-refractivity contribution in [1.29, 1.82) is 0 Å². The van der Waals surface area contributed by atoms with Gasteiger partial charge in [-0.2, -0.15) is 0 Å². The molecule has 1 aromatic rings. The number of hydrogen-bond acceptors (Lipinski definition) is 5. The number of aromatic hydroxyl groups is 1. The molecule has 5 heteroatoms. The van der Waals surface area contributed by atoms with E-state index in [0.717, 1.165) is 44.6 Å². The Morgan fingerprint density at radius 2 is 1.62 bits per heavy atom. The molecule has 0 atom stereocenters. The zero-order valence-electron chi connectivity index (χ0n) is 14.8. The molecule has 0 spiro atoms. The fourth-order valence-electron chi connectivity index (χ4n) is 5.54. The van der Waals surface area contributed by atoms with Gasteiger partial charge in [0.1, 0.15) is 0 Å². The first-order valence-corrected chi connectivity index (χ1v) is 9.02. The van der Waals surface area contributed by atoms with Crippen LogP contribution in [-0.4, -0.2) is 59.4 Å². The van der Waals surface area contributed by atoms with E-state index in [1.165, 1.54) is 0 Å². The molecule has 5 rings (SSSR count). The van der Waals surface area contributed by atoms with E-state index in [-0.39, 0.29) is 28.8 Å². The van der Waals surface area contributed by atoms with Gasteiger partial charge in [0, 0.05) is 42.6 Å². The number of piperidine rings is 2. The summed E-state index contributed by atoms with van der Waals surface area (Å²) in [5.41, 5.74) is 0.828. The second-order valence-corrected chi connectivity index (χ2v) is 7.92. The van der Waals surface area contributed by atoms with Gasteiger partial charge in [-0.1, -0.05) is 26.0 Å². The number of phenolic OH excluding ortho intramolecular Hbond substituents is 1. The highest BCUT2D eigenvalue weighted by molar-refractivity contribution is 5.47. The van der Waals surface area contributed by atoms with Crippen molar-refractivity contribution < 1.29 is 14.9 Å². The molecular formula is C19H28N2O3. The Balaban J connectivity index is 1.76. The smallest absolute Gasteiger partial charge is 0.163 e. The number of para-hydroxylation sites is 1. The van der Waals surface area contributed by atoms with Crippen molar-refractivity contribution >= 4 is 0 Å². The van der Waals surface area contributed by atoms with Crippen molar-refractivity contribution in [2.75, 3.05) is 33.3 Å². The van der Waals surface area contributed by atoms with Crippen LogP contribution in [0, 0.1) is 10.8 Å². The van der Waals surface area contributed by atoms with Crippen molar-refractivity contribution in [1.82, 2.24) is 9.80 Å². The molecule has 2 N–H and O–H groups in total. The molecule has 4 saturated heterocycles. The number of ether oxygens (including phenoxy) is 1. The number of nitrogens with zero attached hydrogens (tertiary/aromatic N) is 2. The maximum atomic E-state index is 11.1. The van der Waals surface area contributed by atoms with Crippen LogP contribution in [0.4, 0.5) is 0 Å². The fraction of sp³-hybridized carbons (Fsp3) is 0.684. The maximum Gasteiger partial charge on any atom is 0.163 e. The third-order valence-corrected chi connectivity index (χ3v) is 6.86. The van der Waals surface area contributed by atoms with E-state index in [1.807, 2.05) is 12.1 Å². The van der Waals surface area contributed by atoms with E-state index in [9.17, 15) is 10.2 Å². The first-order valence-electron chi connectivity index (χ1n) is 9.02. The maximum absolute atomic E-state index is 11.1. The Bertz CT molecular complexity index is 607. The topological polar surface area (TPSA) is 56.2 Å². The first-order chi connectivity index (χ1) is 11.5. The van der Waals surface area contributed by atoms with Gasteiger partial charge in [0.15, 0.2) is 11.5 Å². The number of benzene rings is 1. The third-order valence-electron chi connectivity index (χ3n) is 6.86. The molecule has 0 radical (unpaired) electrons. The van der Waals surface area contributed by atoms with Crippen LogP contribution in [0.15, 0.2) is 18.2 Å². The SMILES string of the molecule is CCC12CN3CC(CC)(CN(C1)C3c1cccc(OC)c1O)C2O. The molecule has 4 bridgehead atoms. The predicted molar refractivity (Wildman–Crippen MR) is 92.0 cm³/mol. The van der Waals surface area contributed by atoms with E-state index < -0.39 is 0 Å². The fourth-order valence-corrected chi connectivity index (χ4v) is 5.54. The monoisotopic (exact) mass is 332 g/mol. The van der Waals surface area contributed by atoms with Gasteiger partial charge in [0.2, 0.25) is 0 Å². The first kappa shape index (κ1) is 16.2. The summed E-state index contributed by atoms with van der Waals surface area (Å²) in [6.45, 7) is 7.96. The molecule has 4 aliphatic rings. The lowest BCUT2D eigenvalue weighted by molar-refractivity contribution is -0.266. The van der Waals surface area contributed by atoms with Gasteiger partial charge in [0.05, 0.1) is 19.4 Å². The third kappa shape index (κ3) is 1.92. The second kappa shape index (κ2) is 5.35. The zero-order chi connectivity index (χ0) is 17.1. The lowest BCUT2D eigenvalue weighted by Gasteiger charge is -2.69. The lowest BCUT2D eigenvalue weighted by atomic mass is 9.57. The van der Waals surface area contributed by atoms with Crippen LogP contribution in [0.3, 0.4) is 0 Å². The molecule has 1 aromatic carbocycles. The van der Waals surface area contributed by atoms with Gasteiger partial charge in [0.25, 0.3) is 0 Å². The highest BCUT2D eigenvalue weighted by Gasteiger charge is 2.64. The number of aliphatic hydroxyl groups is 1. The normalized spacial score (nSPS) is 43.2.